The van der Waals surface area contributed by atoms with Crippen LogP contribution in [0.4, 0.5) is 4.39 Å². The monoisotopic (exact) mass is 254 g/mol. The Morgan fingerprint density at radius 1 is 1.47 bits per heavy atom. The Bertz CT molecular complexity index is 438. The first kappa shape index (κ1) is 14.0. The Morgan fingerprint density at radius 2 is 2.12 bits per heavy atom. The van der Waals surface area contributed by atoms with E-state index in [1.165, 1.54) is 6.07 Å². The van der Waals surface area contributed by atoms with Gasteiger partial charge in [0.2, 0.25) is 0 Å². The molecule has 92 valence electrons. The van der Waals surface area contributed by atoms with Gasteiger partial charge in [0.1, 0.15) is 11.4 Å². The van der Waals surface area contributed by atoms with Gasteiger partial charge in [-0.05, 0) is 45.0 Å². The van der Waals surface area contributed by atoms with E-state index in [0.717, 1.165) is 18.5 Å². The predicted octanol–water partition coefficient (Wildman–Crippen LogP) is 3.26. The minimum absolute atomic E-state index is 0.143. The molecule has 0 aliphatic heterocycles. The van der Waals surface area contributed by atoms with Gasteiger partial charge in [0.05, 0.1) is 11.1 Å². The van der Waals surface area contributed by atoms with E-state index in [1.54, 1.807) is 12.1 Å². The molecule has 0 aliphatic rings. The second-order valence-corrected chi connectivity index (χ2v) is 5.00. The molecule has 0 radical (unpaired) electrons. The van der Waals surface area contributed by atoms with Crippen molar-refractivity contribution in [3.8, 4) is 6.07 Å². The number of halogens is 2. The van der Waals surface area contributed by atoms with Crippen LogP contribution < -0.4 is 0 Å². The van der Waals surface area contributed by atoms with Crippen LogP contribution in [0.15, 0.2) is 18.2 Å². The molecule has 1 aromatic rings. The van der Waals surface area contributed by atoms with E-state index >= 15 is 0 Å². The molecular formula is C13H16ClFN2. The smallest absolute Gasteiger partial charge is 0.141 e. The summed E-state index contributed by atoms with van der Waals surface area (Å²) in [6.07, 6.45) is 0.738. The van der Waals surface area contributed by atoms with Crippen LogP contribution in [0.3, 0.4) is 0 Å². The third-order valence-corrected chi connectivity index (χ3v) is 3.24. The Labute approximate surface area is 107 Å². The molecule has 0 saturated heterocycles. The number of hydrogen-bond acceptors (Lipinski definition) is 2. The highest BCUT2D eigenvalue weighted by Gasteiger charge is 2.22. The molecule has 0 saturated carbocycles. The number of rotatable bonds is 4. The number of hydrogen-bond donors (Lipinski definition) is 0. The number of likely N-dealkylation sites (N-methyl/N-ethyl adjacent to an activating group) is 1. The van der Waals surface area contributed by atoms with Crippen molar-refractivity contribution in [2.45, 2.75) is 25.8 Å². The molecule has 0 N–H and O–H groups in total. The van der Waals surface area contributed by atoms with Gasteiger partial charge in [-0.15, -0.1) is 0 Å². The average molecular weight is 255 g/mol. The van der Waals surface area contributed by atoms with Crippen molar-refractivity contribution in [1.29, 1.82) is 5.26 Å². The summed E-state index contributed by atoms with van der Waals surface area (Å²) in [5.41, 5.74) is 0.473. The molecule has 0 aliphatic carbocycles. The molecule has 0 fully saturated rings. The van der Waals surface area contributed by atoms with Crippen molar-refractivity contribution in [3.63, 3.8) is 0 Å². The van der Waals surface area contributed by atoms with Gasteiger partial charge in [0, 0.05) is 6.54 Å². The summed E-state index contributed by atoms with van der Waals surface area (Å²) in [7, 11) is 1.90. The van der Waals surface area contributed by atoms with Crippen LogP contribution in [0.1, 0.15) is 19.4 Å². The summed E-state index contributed by atoms with van der Waals surface area (Å²) < 4.78 is 13.0. The maximum atomic E-state index is 13.0. The van der Waals surface area contributed by atoms with Crippen molar-refractivity contribution < 1.29 is 4.39 Å². The van der Waals surface area contributed by atoms with Crippen molar-refractivity contribution in [2.24, 2.45) is 0 Å². The minimum atomic E-state index is -0.496. The summed E-state index contributed by atoms with van der Waals surface area (Å²) in [5.74, 6) is -0.402. The first-order chi connectivity index (χ1) is 7.86. The predicted molar refractivity (Wildman–Crippen MR) is 67.4 cm³/mol. The zero-order chi connectivity index (χ0) is 13.1. The molecule has 0 unspecified atom stereocenters. The first-order valence-corrected chi connectivity index (χ1v) is 5.81. The molecule has 17 heavy (non-hydrogen) atoms. The zero-order valence-electron chi connectivity index (χ0n) is 10.3. The third-order valence-electron chi connectivity index (χ3n) is 2.95. The summed E-state index contributed by atoms with van der Waals surface area (Å²) in [6.45, 7) is 4.46. The molecule has 0 atom stereocenters. The fraction of sp³-hybridized carbons (Fsp3) is 0.462. The maximum absolute atomic E-state index is 13.0. The molecule has 0 aromatic heterocycles. The van der Waals surface area contributed by atoms with Crippen LogP contribution in [0.5, 0.6) is 0 Å². The number of nitriles is 1. The number of nitrogens with zero attached hydrogens (tertiary/aromatic N) is 2. The van der Waals surface area contributed by atoms with Gasteiger partial charge in [-0.2, -0.15) is 5.26 Å². The van der Waals surface area contributed by atoms with Crippen molar-refractivity contribution in [2.75, 3.05) is 13.6 Å². The summed E-state index contributed by atoms with van der Waals surface area (Å²) in [5, 5.41) is 9.12. The van der Waals surface area contributed by atoms with E-state index in [4.69, 9.17) is 16.9 Å². The minimum Gasteiger partial charge on any atom is -0.289 e. The lowest BCUT2D eigenvalue weighted by Gasteiger charge is -2.28. The Kier molecular flexibility index (Phi) is 4.50. The van der Waals surface area contributed by atoms with Gasteiger partial charge in [-0.25, -0.2) is 4.39 Å². The Hall–Kier alpha value is -1.11. The second-order valence-electron chi connectivity index (χ2n) is 4.59. The molecular weight excluding hydrogens is 239 g/mol. The van der Waals surface area contributed by atoms with Crippen LogP contribution >= 0.6 is 11.6 Å². The van der Waals surface area contributed by atoms with Gasteiger partial charge in [-0.1, -0.05) is 17.7 Å². The van der Waals surface area contributed by atoms with Crippen molar-refractivity contribution >= 4 is 11.6 Å². The van der Waals surface area contributed by atoms with Crippen molar-refractivity contribution in [1.82, 2.24) is 4.90 Å². The van der Waals surface area contributed by atoms with E-state index < -0.39 is 11.4 Å². The highest BCUT2D eigenvalue weighted by atomic mass is 35.5. The largest absolute Gasteiger partial charge is 0.289 e. The summed E-state index contributed by atoms with van der Waals surface area (Å²) in [6, 6.07) is 6.95. The lowest BCUT2D eigenvalue weighted by Crippen LogP contribution is -2.40. The number of benzene rings is 1. The molecule has 0 spiro atoms. The molecule has 0 bridgehead atoms. The van der Waals surface area contributed by atoms with E-state index in [-0.39, 0.29) is 5.02 Å². The average Bonchev–Trinajstić information content (AvgIpc) is 2.30. The Morgan fingerprint density at radius 3 is 2.65 bits per heavy atom. The van der Waals surface area contributed by atoms with Gasteiger partial charge in [0.15, 0.2) is 0 Å². The summed E-state index contributed by atoms with van der Waals surface area (Å²) in [4.78, 5) is 1.96. The lowest BCUT2D eigenvalue weighted by molar-refractivity contribution is 0.214. The van der Waals surface area contributed by atoms with Crippen LogP contribution in [-0.4, -0.2) is 24.0 Å². The van der Waals surface area contributed by atoms with Gasteiger partial charge in [-0.3, -0.25) is 4.90 Å². The fourth-order valence-electron chi connectivity index (χ4n) is 1.36. The zero-order valence-corrected chi connectivity index (χ0v) is 11.1. The maximum Gasteiger partial charge on any atom is 0.141 e. The highest BCUT2D eigenvalue weighted by molar-refractivity contribution is 6.30. The second kappa shape index (κ2) is 5.48. The molecule has 0 amide bonds. The SMILES string of the molecule is CN(CCc1ccc(F)c(Cl)c1)C(C)(C)C#N. The van der Waals surface area contributed by atoms with E-state index in [9.17, 15) is 4.39 Å². The lowest BCUT2D eigenvalue weighted by atomic mass is 10.0. The van der Waals surface area contributed by atoms with E-state index in [1.807, 2.05) is 25.8 Å². The highest BCUT2D eigenvalue weighted by Crippen LogP contribution is 2.17. The third kappa shape index (κ3) is 3.69. The van der Waals surface area contributed by atoms with Crippen LogP contribution in [0.25, 0.3) is 0 Å². The van der Waals surface area contributed by atoms with E-state index in [2.05, 4.69) is 6.07 Å². The molecule has 2 nitrogen and oxygen atoms in total. The standard InChI is InChI=1S/C13H16ClFN2/c1-13(2,9-16)17(3)7-6-10-4-5-12(15)11(14)8-10/h4-5,8H,6-7H2,1-3H3. The topological polar surface area (TPSA) is 27.0 Å². The van der Waals surface area contributed by atoms with Crippen LogP contribution in [0.2, 0.25) is 5.02 Å². The quantitative estimate of drug-likeness (QED) is 0.825. The summed E-state index contributed by atoms with van der Waals surface area (Å²) >= 11 is 5.71. The van der Waals surface area contributed by atoms with Crippen LogP contribution in [-0.2, 0) is 6.42 Å². The van der Waals surface area contributed by atoms with Crippen molar-refractivity contribution in [3.05, 3.63) is 34.6 Å². The van der Waals surface area contributed by atoms with Crippen LogP contribution in [0, 0.1) is 17.1 Å². The van der Waals surface area contributed by atoms with Gasteiger partial charge < -0.3 is 0 Å². The van der Waals surface area contributed by atoms with E-state index in [0.29, 0.717) is 0 Å². The van der Waals surface area contributed by atoms with Gasteiger partial charge in [0.25, 0.3) is 0 Å². The fourth-order valence-corrected chi connectivity index (χ4v) is 1.56. The molecule has 4 heteroatoms. The normalized spacial score (nSPS) is 11.6. The molecule has 1 aromatic carbocycles. The molecule has 0 heterocycles. The van der Waals surface area contributed by atoms with Gasteiger partial charge >= 0.3 is 0 Å². The molecule has 1 rings (SSSR count). The Balaban J connectivity index is 2.63. The first-order valence-electron chi connectivity index (χ1n) is 5.43.